The van der Waals surface area contributed by atoms with Crippen molar-refractivity contribution in [3.8, 4) is 11.5 Å². The average Bonchev–Trinajstić information content (AvgIpc) is 2.82. The van der Waals surface area contributed by atoms with Gasteiger partial charge in [-0.1, -0.05) is 55.1 Å². The molecule has 4 rings (SSSR count). The quantitative estimate of drug-likeness (QED) is 0.468. The highest BCUT2D eigenvalue weighted by atomic mass is 16.5. The molecule has 1 fully saturated rings. The molecule has 0 spiro atoms. The van der Waals surface area contributed by atoms with E-state index in [-0.39, 0.29) is 5.91 Å². The summed E-state index contributed by atoms with van der Waals surface area (Å²) in [4.78, 5) is 14.7. The minimum atomic E-state index is -1.05. The maximum atomic E-state index is 13.1. The van der Waals surface area contributed by atoms with Gasteiger partial charge in [0.05, 0.1) is 7.11 Å². The van der Waals surface area contributed by atoms with Crippen LogP contribution >= 0.6 is 0 Å². The number of methoxy groups -OCH3 is 1. The van der Waals surface area contributed by atoms with Crippen LogP contribution < -0.4 is 14.4 Å². The number of carbonyl (C=O) groups excluding carboxylic acids is 1. The third-order valence-electron chi connectivity index (χ3n) is 5.34. The van der Waals surface area contributed by atoms with Crippen LogP contribution in [0, 0.1) is 0 Å². The highest BCUT2D eigenvalue weighted by molar-refractivity contribution is 6.06. The number of β-lactam (4-membered cyclic amide) rings is 1. The summed E-state index contributed by atoms with van der Waals surface area (Å²) in [5, 5.41) is 11.3. The number of hydrogen-bond acceptors (Lipinski definition) is 4. The Morgan fingerprint density at radius 3 is 2.16 bits per heavy atom. The zero-order valence-corrected chi connectivity index (χ0v) is 17.1. The molecular formula is C26H23NO4. The summed E-state index contributed by atoms with van der Waals surface area (Å²) >= 11 is 0. The van der Waals surface area contributed by atoms with E-state index in [4.69, 9.17) is 9.47 Å². The summed E-state index contributed by atoms with van der Waals surface area (Å²) in [6.45, 7) is 3.76. The lowest BCUT2D eigenvalue weighted by molar-refractivity contribution is -0.137. The summed E-state index contributed by atoms with van der Waals surface area (Å²) in [6.07, 6.45) is -1.89. The minimum Gasteiger partial charge on any atom is -0.497 e. The van der Waals surface area contributed by atoms with E-state index in [2.05, 4.69) is 12.3 Å². The Balaban J connectivity index is 1.69. The van der Waals surface area contributed by atoms with Gasteiger partial charge >= 0.3 is 0 Å². The zero-order chi connectivity index (χ0) is 21.8. The number of carbonyl (C=O) groups is 1. The predicted molar refractivity (Wildman–Crippen MR) is 120 cm³/mol. The molecule has 31 heavy (non-hydrogen) atoms. The molecule has 1 heterocycles. The Morgan fingerprint density at radius 1 is 0.968 bits per heavy atom. The number of aliphatic hydroxyl groups excluding tert-OH is 1. The predicted octanol–water partition coefficient (Wildman–Crippen LogP) is 4.09. The lowest BCUT2D eigenvalue weighted by Gasteiger charge is -2.48. The van der Waals surface area contributed by atoms with Crippen LogP contribution in [-0.4, -0.2) is 36.4 Å². The van der Waals surface area contributed by atoms with Crippen LogP contribution in [-0.2, 0) is 4.79 Å². The summed E-state index contributed by atoms with van der Waals surface area (Å²) in [7, 11) is 1.58. The third-order valence-corrected chi connectivity index (χ3v) is 5.34. The van der Waals surface area contributed by atoms with Crippen LogP contribution in [0.1, 0.15) is 5.56 Å². The molecule has 1 aliphatic heterocycles. The maximum Gasteiger partial charge on any atom is 0.270 e. The summed E-state index contributed by atoms with van der Waals surface area (Å²) in [5.74, 6) is 1.02. The number of amides is 1. The average molecular weight is 413 g/mol. The molecule has 1 aliphatic rings. The van der Waals surface area contributed by atoms with Gasteiger partial charge in [-0.15, -0.1) is 5.73 Å². The van der Waals surface area contributed by atoms with E-state index in [0.29, 0.717) is 22.8 Å². The number of nitrogens with zero attached hydrogens (tertiary/aromatic N) is 1. The number of hydrogen-bond donors (Lipinski definition) is 1. The lowest BCUT2D eigenvalue weighted by Crippen LogP contribution is -2.71. The first kappa shape index (κ1) is 20.5. The van der Waals surface area contributed by atoms with Crippen molar-refractivity contribution >= 4 is 17.2 Å². The molecule has 3 aromatic carbocycles. The van der Waals surface area contributed by atoms with E-state index in [1.807, 2.05) is 48.5 Å². The molecule has 0 aromatic heterocycles. The fraction of sp³-hybridized carbons (Fsp3) is 0.154. The Kier molecular flexibility index (Phi) is 5.89. The van der Waals surface area contributed by atoms with Gasteiger partial charge in [0.1, 0.15) is 23.6 Å². The number of benzene rings is 3. The van der Waals surface area contributed by atoms with Crippen molar-refractivity contribution < 1.29 is 19.4 Å². The number of para-hydroxylation sites is 1. The molecule has 1 amide bonds. The molecule has 0 bridgehead atoms. The summed E-state index contributed by atoms with van der Waals surface area (Å²) in [6, 6.07) is 25.0. The van der Waals surface area contributed by atoms with E-state index in [1.54, 1.807) is 48.4 Å². The smallest absolute Gasteiger partial charge is 0.270 e. The van der Waals surface area contributed by atoms with Crippen LogP contribution in [0.25, 0.3) is 5.57 Å². The Morgan fingerprint density at radius 2 is 1.58 bits per heavy atom. The molecule has 0 saturated carbocycles. The van der Waals surface area contributed by atoms with E-state index in [0.717, 1.165) is 5.56 Å². The monoisotopic (exact) mass is 413 g/mol. The van der Waals surface area contributed by atoms with Gasteiger partial charge in [-0.05, 0) is 42.0 Å². The van der Waals surface area contributed by atoms with Gasteiger partial charge in [0, 0.05) is 11.3 Å². The second-order valence-electron chi connectivity index (χ2n) is 7.15. The molecule has 0 aliphatic carbocycles. The first-order valence-electron chi connectivity index (χ1n) is 9.96. The van der Waals surface area contributed by atoms with Gasteiger partial charge in [0.25, 0.3) is 5.91 Å². The van der Waals surface area contributed by atoms with Crippen molar-refractivity contribution in [1.82, 2.24) is 0 Å². The third kappa shape index (κ3) is 3.97. The summed E-state index contributed by atoms with van der Waals surface area (Å²) < 4.78 is 11.2. The molecule has 0 unspecified atom stereocenters. The van der Waals surface area contributed by atoms with Crippen molar-refractivity contribution in [1.29, 1.82) is 0 Å². The second kappa shape index (κ2) is 8.92. The van der Waals surface area contributed by atoms with Gasteiger partial charge < -0.3 is 14.6 Å². The molecule has 156 valence electrons. The maximum absolute atomic E-state index is 13.1. The van der Waals surface area contributed by atoms with Gasteiger partial charge in [-0.25, -0.2) is 0 Å². The fourth-order valence-electron chi connectivity index (χ4n) is 3.76. The number of aliphatic hydroxyl groups is 1. The first-order chi connectivity index (χ1) is 15.1. The highest BCUT2D eigenvalue weighted by Gasteiger charge is 2.54. The highest BCUT2D eigenvalue weighted by Crippen LogP contribution is 2.37. The van der Waals surface area contributed by atoms with Crippen LogP contribution in [0.5, 0.6) is 11.5 Å². The zero-order valence-electron chi connectivity index (χ0n) is 17.1. The normalized spacial score (nSPS) is 18.5. The minimum absolute atomic E-state index is 0.227. The lowest BCUT2D eigenvalue weighted by atomic mass is 9.85. The molecule has 1 saturated heterocycles. The SMILES string of the molecule is C=C=C(c1ccccc1)[C@@H](O)[C@H]1[C@@H](Oc2ccccc2)C(=O)N1c1ccc(OC)cc1. The van der Waals surface area contributed by atoms with Crippen LogP contribution in [0.15, 0.2) is 97.2 Å². The van der Waals surface area contributed by atoms with E-state index < -0.39 is 18.2 Å². The molecule has 3 aromatic rings. The molecule has 5 nitrogen and oxygen atoms in total. The molecule has 1 N–H and O–H groups in total. The van der Waals surface area contributed by atoms with Gasteiger partial charge in [0.15, 0.2) is 0 Å². The first-order valence-corrected chi connectivity index (χ1v) is 9.96. The number of ether oxygens (including phenoxy) is 2. The Labute approximate surface area is 181 Å². The van der Waals surface area contributed by atoms with Crippen LogP contribution in [0.4, 0.5) is 5.69 Å². The standard InChI is InChI=1S/C26H23NO4/c1-3-22(18-10-6-4-7-11-18)24(28)23-25(31-21-12-8-5-9-13-21)26(29)27(23)19-14-16-20(30-2)17-15-19/h4-17,23-25,28H,1H2,2H3/t23-,24+,25+/m0/s1. The van der Waals surface area contributed by atoms with Gasteiger partial charge in [-0.2, -0.15) is 0 Å². The Hall–Kier alpha value is -3.79. The summed E-state index contributed by atoms with van der Waals surface area (Å²) in [5.41, 5.74) is 4.81. The topological polar surface area (TPSA) is 59.0 Å². The largest absolute Gasteiger partial charge is 0.497 e. The van der Waals surface area contributed by atoms with Crippen molar-refractivity contribution in [2.45, 2.75) is 18.2 Å². The number of rotatable bonds is 7. The van der Waals surface area contributed by atoms with E-state index >= 15 is 0 Å². The molecular weight excluding hydrogens is 390 g/mol. The van der Waals surface area contributed by atoms with Crippen molar-refractivity contribution in [3.63, 3.8) is 0 Å². The van der Waals surface area contributed by atoms with Crippen LogP contribution in [0.3, 0.4) is 0 Å². The molecule has 0 radical (unpaired) electrons. The molecule has 3 atom stereocenters. The molecule has 5 heteroatoms. The fourth-order valence-corrected chi connectivity index (χ4v) is 3.76. The van der Waals surface area contributed by atoms with Crippen molar-refractivity contribution in [2.75, 3.05) is 12.0 Å². The van der Waals surface area contributed by atoms with Crippen LogP contribution in [0.2, 0.25) is 0 Å². The van der Waals surface area contributed by atoms with E-state index in [1.165, 1.54) is 0 Å². The number of anilines is 1. The second-order valence-corrected chi connectivity index (χ2v) is 7.15. The van der Waals surface area contributed by atoms with Gasteiger partial charge in [-0.3, -0.25) is 9.69 Å². The van der Waals surface area contributed by atoms with E-state index in [9.17, 15) is 9.90 Å². The Bertz CT molecular complexity index is 1090. The van der Waals surface area contributed by atoms with Crippen molar-refractivity contribution in [2.24, 2.45) is 0 Å². The van der Waals surface area contributed by atoms with Crippen molar-refractivity contribution in [3.05, 3.63) is 103 Å². The van der Waals surface area contributed by atoms with Gasteiger partial charge in [0.2, 0.25) is 6.10 Å².